The fourth-order valence-electron chi connectivity index (χ4n) is 1.62. The van der Waals surface area contributed by atoms with E-state index in [9.17, 15) is 14.4 Å². The molecule has 5 N–H and O–H groups in total. The minimum absolute atomic E-state index is 0.122. The summed E-state index contributed by atoms with van der Waals surface area (Å²) in [5.74, 6) is -1.64. The second-order valence-electron chi connectivity index (χ2n) is 5.80. The van der Waals surface area contributed by atoms with Crippen molar-refractivity contribution >= 4 is 17.9 Å². The highest BCUT2D eigenvalue weighted by atomic mass is 16.4. The maximum absolute atomic E-state index is 11.6. The first-order chi connectivity index (χ1) is 8.51. The first kappa shape index (κ1) is 17.2. The van der Waals surface area contributed by atoms with Crippen molar-refractivity contribution in [3.05, 3.63) is 0 Å². The van der Waals surface area contributed by atoms with Gasteiger partial charge in [0, 0.05) is 6.04 Å². The van der Waals surface area contributed by atoms with Crippen molar-refractivity contribution in [2.75, 3.05) is 0 Å². The van der Waals surface area contributed by atoms with E-state index >= 15 is 0 Å². The monoisotopic (exact) mass is 273 g/mol. The van der Waals surface area contributed by atoms with Gasteiger partial charge in [-0.3, -0.25) is 9.59 Å². The van der Waals surface area contributed by atoms with Crippen LogP contribution in [0.3, 0.4) is 0 Å². The molecule has 0 aromatic rings. The van der Waals surface area contributed by atoms with Crippen molar-refractivity contribution in [3.8, 4) is 0 Å². The number of primary amides is 1. The van der Waals surface area contributed by atoms with Gasteiger partial charge in [0.15, 0.2) is 0 Å². The van der Waals surface area contributed by atoms with Gasteiger partial charge in [-0.15, -0.1) is 0 Å². The molecule has 0 bridgehead atoms. The Balaban J connectivity index is 4.50. The molecule has 0 aliphatic carbocycles. The lowest BCUT2D eigenvalue weighted by atomic mass is 9.87. The molecule has 3 amide bonds. The second-order valence-corrected chi connectivity index (χ2v) is 5.80. The molecule has 0 saturated heterocycles. The minimum atomic E-state index is -0.988. The van der Waals surface area contributed by atoms with Gasteiger partial charge in [0.2, 0.25) is 5.91 Å². The Morgan fingerprint density at radius 3 is 2.11 bits per heavy atom. The smallest absolute Gasteiger partial charge is 0.315 e. The van der Waals surface area contributed by atoms with Crippen LogP contribution in [0.1, 0.15) is 40.5 Å². The van der Waals surface area contributed by atoms with Crippen molar-refractivity contribution in [1.82, 2.24) is 10.6 Å². The molecule has 0 aromatic carbocycles. The van der Waals surface area contributed by atoms with Crippen LogP contribution in [0.25, 0.3) is 0 Å². The summed E-state index contributed by atoms with van der Waals surface area (Å²) in [6.07, 6.45) is 0.341. The van der Waals surface area contributed by atoms with Crippen LogP contribution in [0, 0.1) is 5.41 Å². The predicted molar refractivity (Wildman–Crippen MR) is 70.4 cm³/mol. The van der Waals surface area contributed by atoms with E-state index in [0.717, 1.165) is 0 Å². The second kappa shape index (κ2) is 6.96. The van der Waals surface area contributed by atoms with Gasteiger partial charge >= 0.3 is 12.0 Å². The van der Waals surface area contributed by atoms with Gasteiger partial charge in [0.25, 0.3) is 0 Å². The van der Waals surface area contributed by atoms with Crippen LogP contribution in [0.5, 0.6) is 0 Å². The van der Waals surface area contributed by atoms with Gasteiger partial charge in [-0.25, -0.2) is 4.79 Å². The molecule has 2 unspecified atom stereocenters. The Labute approximate surface area is 112 Å². The molecule has 0 aliphatic heterocycles. The predicted octanol–water partition coefficient (Wildman–Crippen LogP) is 0.439. The number of carbonyl (C=O) groups is 3. The third-order valence-corrected chi connectivity index (χ3v) is 2.39. The summed E-state index contributed by atoms with van der Waals surface area (Å²) in [6.45, 7) is 7.31. The van der Waals surface area contributed by atoms with Gasteiger partial charge in [0.05, 0.1) is 6.42 Å². The summed E-state index contributed by atoms with van der Waals surface area (Å²) in [5, 5.41) is 13.7. The van der Waals surface area contributed by atoms with Gasteiger partial charge in [-0.05, 0) is 18.8 Å². The Morgan fingerprint density at radius 2 is 1.74 bits per heavy atom. The molecule has 0 heterocycles. The highest BCUT2D eigenvalue weighted by Gasteiger charge is 2.23. The summed E-state index contributed by atoms with van der Waals surface area (Å²) >= 11 is 0. The van der Waals surface area contributed by atoms with Gasteiger partial charge < -0.3 is 21.5 Å². The number of hydrogen-bond acceptors (Lipinski definition) is 3. The van der Waals surface area contributed by atoms with Gasteiger partial charge in [-0.2, -0.15) is 0 Å². The molecule has 0 saturated carbocycles. The summed E-state index contributed by atoms with van der Waals surface area (Å²) in [5.41, 5.74) is 4.90. The van der Waals surface area contributed by atoms with E-state index in [4.69, 9.17) is 10.8 Å². The lowest BCUT2D eigenvalue weighted by Gasteiger charge is -2.26. The summed E-state index contributed by atoms with van der Waals surface area (Å²) in [4.78, 5) is 33.2. The number of carboxylic acid groups (broad SMARTS) is 1. The van der Waals surface area contributed by atoms with Crippen molar-refractivity contribution in [2.45, 2.75) is 52.6 Å². The standard InChI is InChI=1S/C12H23N3O4/c1-7(10(13)18)14-11(19)15-8(5-9(16)17)6-12(2,3)4/h7-8H,5-6H2,1-4H3,(H2,13,18)(H,16,17)(H2,14,15,19). The molecular formula is C12H23N3O4. The summed E-state index contributed by atoms with van der Waals surface area (Å²) in [7, 11) is 0. The largest absolute Gasteiger partial charge is 0.481 e. The number of hydrogen-bond donors (Lipinski definition) is 4. The van der Waals surface area contributed by atoms with E-state index in [1.54, 1.807) is 0 Å². The molecule has 0 aromatic heterocycles. The van der Waals surface area contributed by atoms with Crippen LogP contribution >= 0.6 is 0 Å². The quantitative estimate of drug-likeness (QED) is 0.561. The average molecular weight is 273 g/mol. The number of rotatable bonds is 6. The molecule has 0 rings (SSSR count). The molecule has 0 aliphatic rings. The molecule has 0 spiro atoms. The van der Waals surface area contributed by atoms with E-state index in [-0.39, 0.29) is 11.8 Å². The number of carboxylic acids is 1. The number of nitrogens with one attached hydrogen (secondary N) is 2. The highest BCUT2D eigenvalue weighted by molar-refractivity contribution is 5.85. The molecular weight excluding hydrogens is 250 g/mol. The van der Waals surface area contributed by atoms with E-state index in [2.05, 4.69) is 10.6 Å². The van der Waals surface area contributed by atoms with Crippen LogP contribution in [0.4, 0.5) is 4.79 Å². The fourth-order valence-corrected chi connectivity index (χ4v) is 1.62. The first-order valence-electron chi connectivity index (χ1n) is 6.09. The zero-order chi connectivity index (χ0) is 15.2. The van der Waals surface area contributed by atoms with Crippen molar-refractivity contribution in [1.29, 1.82) is 0 Å². The van der Waals surface area contributed by atoms with Crippen molar-refractivity contribution in [2.24, 2.45) is 11.1 Å². The third kappa shape index (κ3) is 8.87. The number of nitrogens with two attached hydrogens (primary N) is 1. The SMILES string of the molecule is CC(NC(=O)NC(CC(=O)O)CC(C)(C)C)C(N)=O. The van der Waals surface area contributed by atoms with E-state index in [1.807, 2.05) is 20.8 Å². The van der Waals surface area contributed by atoms with Crippen molar-refractivity contribution < 1.29 is 19.5 Å². The van der Waals surface area contributed by atoms with Crippen LogP contribution in [-0.4, -0.2) is 35.1 Å². The lowest BCUT2D eigenvalue weighted by molar-refractivity contribution is -0.137. The van der Waals surface area contributed by atoms with Crippen LogP contribution in [0.15, 0.2) is 0 Å². The maximum atomic E-state index is 11.6. The average Bonchev–Trinajstić information content (AvgIpc) is 2.12. The zero-order valence-electron chi connectivity index (χ0n) is 11.8. The first-order valence-corrected chi connectivity index (χ1v) is 6.09. The molecule has 0 fully saturated rings. The Bertz CT molecular complexity index is 349. The van der Waals surface area contributed by atoms with Crippen LogP contribution < -0.4 is 16.4 Å². The zero-order valence-corrected chi connectivity index (χ0v) is 11.8. The van der Waals surface area contributed by atoms with Crippen LogP contribution in [-0.2, 0) is 9.59 Å². The van der Waals surface area contributed by atoms with Gasteiger partial charge in [0.1, 0.15) is 6.04 Å². The molecule has 2 atom stereocenters. The molecule has 0 radical (unpaired) electrons. The Hall–Kier alpha value is -1.79. The molecule has 7 heteroatoms. The van der Waals surface area contributed by atoms with E-state index in [1.165, 1.54) is 6.92 Å². The normalized spacial score (nSPS) is 14.3. The lowest BCUT2D eigenvalue weighted by Crippen LogP contribution is -2.50. The van der Waals surface area contributed by atoms with Gasteiger partial charge in [-0.1, -0.05) is 20.8 Å². The topological polar surface area (TPSA) is 122 Å². The number of urea groups is 1. The number of carbonyl (C=O) groups excluding carboxylic acids is 2. The van der Waals surface area contributed by atoms with Crippen LogP contribution in [0.2, 0.25) is 0 Å². The number of amides is 3. The highest BCUT2D eigenvalue weighted by Crippen LogP contribution is 2.22. The molecule has 110 valence electrons. The van der Waals surface area contributed by atoms with Crippen molar-refractivity contribution in [3.63, 3.8) is 0 Å². The Kier molecular flexibility index (Phi) is 6.31. The van der Waals surface area contributed by atoms with E-state index < -0.39 is 30.0 Å². The number of aliphatic carboxylic acids is 1. The molecule has 19 heavy (non-hydrogen) atoms. The maximum Gasteiger partial charge on any atom is 0.315 e. The molecule has 7 nitrogen and oxygen atoms in total. The summed E-state index contributed by atoms with van der Waals surface area (Å²) in [6, 6.07) is -1.90. The third-order valence-electron chi connectivity index (χ3n) is 2.39. The van der Waals surface area contributed by atoms with E-state index in [0.29, 0.717) is 6.42 Å². The minimum Gasteiger partial charge on any atom is -0.481 e. The Morgan fingerprint density at radius 1 is 1.21 bits per heavy atom. The summed E-state index contributed by atoms with van der Waals surface area (Å²) < 4.78 is 0. The fraction of sp³-hybridized carbons (Fsp3) is 0.750.